The van der Waals surface area contributed by atoms with E-state index in [4.69, 9.17) is 0 Å². The lowest BCUT2D eigenvalue weighted by molar-refractivity contribution is -0.149. The molecule has 0 aliphatic carbocycles. The minimum Gasteiger partial charge on any atom is -0.481 e. The van der Waals surface area contributed by atoms with Crippen LogP contribution >= 0.6 is 0 Å². The van der Waals surface area contributed by atoms with Crippen molar-refractivity contribution in [2.24, 2.45) is 5.41 Å². The van der Waals surface area contributed by atoms with Crippen LogP contribution in [0.25, 0.3) is 0 Å². The number of benzene rings is 1. The molecule has 3 rings (SSSR count). The van der Waals surface area contributed by atoms with Gasteiger partial charge in [-0.05, 0) is 44.7 Å². The quantitative estimate of drug-likeness (QED) is 0.924. The molecule has 0 amide bonds. The van der Waals surface area contributed by atoms with E-state index in [1.807, 2.05) is 18.7 Å². The highest BCUT2D eigenvalue weighted by molar-refractivity contribution is 5.76. The highest BCUT2D eigenvalue weighted by Crippen LogP contribution is 2.37. The summed E-state index contributed by atoms with van der Waals surface area (Å²) in [5.41, 5.74) is 1.26. The van der Waals surface area contributed by atoms with Crippen molar-refractivity contribution in [1.29, 1.82) is 0 Å². The number of nitrogens with zero attached hydrogens (tertiary/aromatic N) is 3. The lowest BCUT2D eigenvalue weighted by Crippen LogP contribution is -2.49. The molecular formula is C19H22FN3O2. The van der Waals surface area contributed by atoms with Gasteiger partial charge < -0.3 is 10.0 Å². The Morgan fingerprint density at radius 1 is 1.32 bits per heavy atom. The van der Waals surface area contributed by atoms with Gasteiger partial charge in [-0.3, -0.25) is 4.79 Å². The summed E-state index contributed by atoms with van der Waals surface area (Å²) in [4.78, 5) is 22.7. The van der Waals surface area contributed by atoms with Gasteiger partial charge in [0.05, 0.1) is 5.41 Å². The molecule has 2 heterocycles. The fraction of sp³-hybridized carbons (Fsp3) is 0.421. The minimum absolute atomic E-state index is 0.175. The van der Waals surface area contributed by atoms with Crippen LogP contribution in [0.2, 0.25) is 0 Å². The maximum atomic E-state index is 14.1. The van der Waals surface area contributed by atoms with Crippen molar-refractivity contribution in [1.82, 2.24) is 9.97 Å². The van der Waals surface area contributed by atoms with Gasteiger partial charge in [0.2, 0.25) is 0 Å². The molecular weight excluding hydrogens is 321 g/mol. The van der Waals surface area contributed by atoms with E-state index < -0.39 is 11.4 Å². The molecule has 1 atom stereocenters. The molecule has 1 unspecified atom stereocenters. The Balaban J connectivity index is 1.93. The second-order valence-electron chi connectivity index (χ2n) is 6.79. The number of halogens is 1. The van der Waals surface area contributed by atoms with Crippen LogP contribution in [0.3, 0.4) is 0 Å². The van der Waals surface area contributed by atoms with E-state index in [1.165, 1.54) is 12.4 Å². The molecule has 132 valence electrons. The predicted octanol–water partition coefficient (Wildman–Crippen LogP) is 3.15. The first-order chi connectivity index (χ1) is 11.9. The molecule has 0 spiro atoms. The molecule has 2 aromatic rings. The number of carboxylic acids is 1. The number of piperidine rings is 1. The predicted molar refractivity (Wildman–Crippen MR) is 93.1 cm³/mol. The number of aliphatic carboxylic acids is 1. The standard InChI is InChI=1S/C19H22FN3O2/c1-13-14(2)21-12-22-17(13)23-9-5-8-19(11-23,18(24)25)10-15-6-3-4-7-16(15)20/h3-4,6-7,12H,5,8-11H2,1-2H3,(H,24,25). The highest BCUT2D eigenvalue weighted by Gasteiger charge is 2.43. The largest absolute Gasteiger partial charge is 0.481 e. The Morgan fingerprint density at radius 2 is 2.08 bits per heavy atom. The third-order valence-electron chi connectivity index (χ3n) is 5.13. The van der Waals surface area contributed by atoms with Gasteiger partial charge in [-0.2, -0.15) is 0 Å². The summed E-state index contributed by atoms with van der Waals surface area (Å²) in [7, 11) is 0. The van der Waals surface area contributed by atoms with Crippen molar-refractivity contribution < 1.29 is 14.3 Å². The molecule has 1 N–H and O–H groups in total. The Bertz CT molecular complexity index is 796. The summed E-state index contributed by atoms with van der Waals surface area (Å²) in [6, 6.07) is 6.40. The second kappa shape index (κ2) is 6.78. The molecule has 1 saturated heterocycles. The van der Waals surface area contributed by atoms with Crippen LogP contribution in [0.4, 0.5) is 10.2 Å². The average Bonchev–Trinajstić information content (AvgIpc) is 2.59. The zero-order chi connectivity index (χ0) is 18.0. The van der Waals surface area contributed by atoms with Gasteiger partial charge in [-0.15, -0.1) is 0 Å². The highest BCUT2D eigenvalue weighted by atomic mass is 19.1. The number of aryl methyl sites for hydroxylation is 1. The number of carboxylic acid groups (broad SMARTS) is 1. The summed E-state index contributed by atoms with van der Waals surface area (Å²) in [5.74, 6) is -0.468. The number of hydrogen-bond acceptors (Lipinski definition) is 4. The van der Waals surface area contributed by atoms with Crippen molar-refractivity contribution in [3.8, 4) is 0 Å². The summed E-state index contributed by atoms with van der Waals surface area (Å²) < 4.78 is 14.1. The Labute approximate surface area is 146 Å². The minimum atomic E-state index is -1.02. The molecule has 0 bridgehead atoms. The zero-order valence-electron chi connectivity index (χ0n) is 14.5. The molecule has 1 aliphatic rings. The molecule has 0 saturated carbocycles. The summed E-state index contributed by atoms with van der Waals surface area (Å²) in [6.07, 6.45) is 2.93. The van der Waals surface area contributed by atoms with Crippen molar-refractivity contribution in [2.45, 2.75) is 33.1 Å². The van der Waals surface area contributed by atoms with Crippen molar-refractivity contribution in [3.63, 3.8) is 0 Å². The van der Waals surface area contributed by atoms with Crippen LogP contribution in [0, 0.1) is 25.1 Å². The Kier molecular flexibility index (Phi) is 4.70. The van der Waals surface area contributed by atoms with Gasteiger partial charge in [0, 0.05) is 24.3 Å². The van der Waals surface area contributed by atoms with Gasteiger partial charge in [-0.25, -0.2) is 14.4 Å². The van der Waals surface area contributed by atoms with Gasteiger partial charge in [0.15, 0.2) is 0 Å². The summed E-state index contributed by atoms with van der Waals surface area (Å²) in [6.45, 7) is 4.91. The van der Waals surface area contributed by atoms with Crippen LogP contribution in [-0.4, -0.2) is 34.1 Å². The van der Waals surface area contributed by atoms with Gasteiger partial charge >= 0.3 is 5.97 Å². The number of anilines is 1. The van der Waals surface area contributed by atoms with E-state index in [9.17, 15) is 14.3 Å². The molecule has 6 heteroatoms. The van der Waals surface area contributed by atoms with Gasteiger partial charge in [0.25, 0.3) is 0 Å². The van der Waals surface area contributed by atoms with E-state index >= 15 is 0 Å². The van der Waals surface area contributed by atoms with E-state index in [1.54, 1.807) is 18.2 Å². The SMILES string of the molecule is Cc1ncnc(N2CCCC(Cc3ccccc3F)(C(=O)O)C2)c1C. The lowest BCUT2D eigenvalue weighted by Gasteiger charge is -2.41. The first-order valence-corrected chi connectivity index (χ1v) is 8.43. The van der Waals surface area contributed by atoms with E-state index in [0.29, 0.717) is 18.5 Å². The lowest BCUT2D eigenvalue weighted by atomic mass is 9.75. The number of rotatable bonds is 4. The van der Waals surface area contributed by atoms with Gasteiger partial charge in [0.1, 0.15) is 18.0 Å². The fourth-order valence-electron chi connectivity index (χ4n) is 3.56. The maximum absolute atomic E-state index is 14.1. The molecule has 1 fully saturated rings. The number of aromatic nitrogens is 2. The zero-order valence-corrected chi connectivity index (χ0v) is 14.5. The van der Waals surface area contributed by atoms with Crippen LogP contribution in [0.15, 0.2) is 30.6 Å². The topological polar surface area (TPSA) is 66.3 Å². The number of carbonyl (C=O) groups is 1. The van der Waals surface area contributed by atoms with Crippen LogP contribution < -0.4 is 4.90 Å². The molecule has 1 aromatic carbocycles. The third-order valence-corrected chi connectivity index (χ3v) is 5.13. The second-order valence-corrected chi connectivity index (χ2v) is 6.79. The van der Waals surface area contributed by atoms with Crippen molar-refractivity contribution >= 4 is 11.8 Å². The molecule has 25 heavy (non-hydrogen) atoms. The molecule has 1 aliphatic heterocycles. The smallest absolute Gasteiger partial charge is 0.311 e. The third kappa shape index (κ3) is 3.34. The van der Waals surface area contributed by atoms with Crippen LogP contribution in [-0.2, 0) is 11.2 Å². The van der Waals surface area contributed by atoms with E-state index in [0.717, 1.165) is 30.0 Å². The van der Waals surface area contributed by atoms with E-state index in [2.05, 4.69) is 9.97 Å². The first kappa shape index (κ1) is 17.3. The van der Waals surface area contributed by atoms with Crippen LogP contribution in [0.5, 0.6) is 0 Å². The Morgan fingerprint density at radius 3 is 2.80 bits per heavy atom. The number of hydrogen-bond donors (Lipinski definition) is 1. The molecule has 1 aromatic heterocycles. The monoisotopic (exact) mass is 343 g/mol. The summed E-state index contributed by atoms with van der Waals surface area (Å²) in [5, 5.41) is 9.95. The van der Waals surface area contributed by atoms with Gasteiger partial charge in [-0.1, -0.05) is 18.2 Å². The Hall–Kier alpha value is -2.50. The van der Waals surface area contributed by atoms with Crippen LogP contribution in [0.1, 0.15) is 29.7 Å². The van der Waals surface area contributed by atoms with E-state index in [-0.39, 0.29) is 12.2 Å². The summed E-state index contributed by atoms with van der Waals surface area (Å²) >= 11 is 0. The molecule has 0 radical (unpaired) electrons. The molecule has 5 nitrogen and oxygen atoms in total. The average molecular weight is 343 g/mol. The first-order valence-electron chi connectivity index (χ1n) is 8.43. The van der Waals surface area contributed by atoms with Crippen molar-refractivity contribution in [2.75, 3.05) is 18.0 Å². The maximum Gasteiger partial charge on any atom is 0.311 e. The normalized spacial score (nSPS) is 20.5. The fourth-order valence-corrected chi connectivity index (χ4v) is 3.56. The van der Waals surface area contributed by atoms with Crippen molar-refractivity contribution in [3.05, 3.63) is 53.2 Å².